The first-order valence-electron chi connectivity index (χ1n) is 8.14. The summed E-state index contributed by atoms with van der Waals surface area (Å²) in [5, 5.41) is 26.1. The molecular weight excluding hydrogens is 408 g/mol. The van der Waals surface area contributed by atoms with Crippen LogP contribution in [-0.2, 0) is 4.79 Å². The Morgan fingerprint density at radius 1 is 1.29 bits per heavy atom. The molecule has 0 unspecified atom stereocenters. The number of carbonyl (C=O) groups is 2. The number of aromatic nitrogens is 1. The van der Waals surface area contributed by atoms with Gasteiger partial charge in [0.2, 0.25) is 5.91 Å². The van der Waals surface area contributed by atoms with E-state index in [9.17, 15) is 19.7 Å². The van der Waals surface area contributed by atoms with E-state index in [2.05, 4.69) is 15.6 Å². The van der Waals surface area contributed by atoms with Gasteiger partial charge in [-0.2, -0.15) is 0 Å². The predicted molar refractivity (Wildman–Crippen MR) is 106 cm³/mol. The Bertz CT molecular complexity index is 880. The minimum absolute atomic E-state index is 0.0545. The van der Waals surface area contributed by atoms with Crippen LogP contribution in [0.3, 0.4) is 0 Å². The number of nitrogens with zero attached hydrogens (tertiary/aromatic N) is 2. The minimum Gasteiger partial charge on any atom is -0.478 e. The van der Waals surface area contributed by atoms with Gasteiger partial charge in [0.15, 0.2) is 0 Å². The number of nitrogens with one attached hydrogen (secondary N) is 2. The average molecular weight is 425 g/mol. The lowest BCUT2D eigenvalue weighted by molar-refractivity contribution is -0.384. The summed E-state index contributed by atoms with van der Waals surface area (Å²) in [5.74, 6) is -1.27. The Labute approximate surface area is 169 Å². The molecular formula is C17H17ClN4O5S. The Balaban J connectivity index is 1.69. The number of amides is 1. The third-order valence-electron chi connectivity index (χ3n) is 3.50. The van der Waals surface area contributed by atoms with Crippen LogP contribution >= 0.6 is 23.4 Å². The fraction of sp³-hybridized carbons (Fsp3) is 0.235. The number of nitro benzene ring substituents is 1. The highest BCUT2D eigenvalue weighted by molar-refractivity contribution is 8.00. The van der Waals surface area contributed by atoms with Gasteiger partial charge in [0, 0.05) is 31.4 Å². The Hall–Kier alpha value is -2.85. The van der Waals surface area contributed by atoms with Crippen LogP contribution in [-0.4, -0.2) is 45.7 Å². The number of thioether (sulfide) groups is 1. The van der Waals surface area contributed by atoms with Crippen LogP contribution in [0.4, 0.5) is 11.4 Å². The van der Waals surface area contributed by atoms with Crippen molar-refractivity contribution in [2.45, 2.75) is 11.4 Å². The zero-order chi connectivity index (χ0) is 20.5. The molecule has 0 aliphatic rings. The highest BCUT2D eigenvalue weighted by Gasteiger charge is 2.13. The van der Waals surface area contributed by atoms with E-state index in [-0.39, 0.29) is 27.9 Å². The smallest absolute Gasteiger partial charge is 0.338 e. The lowest BCUT2D eigenvalue weighted by Crippen LogP contribution is -2.27. The average Bonchev–Trinajstić information content (AvgIpc) is 2.67. The number of rotatable bonds is 10. The molecule has 0 fully saturated rings. The Kier molecular flexibility index (Phi) is 8.02. The molecule has 0 saturated carbocycles. The maximum Gasteiger partial charge on any atom is 0.338 e. The van der Waals surface area contributed by atoms with Crippen molar-refractivity contribution in [2.24, 2.45) is 0 Å². The van der Waals surface area contributed by atoms with Crippen molar-refractivity contribution in [1.82, 2.24) is 10.3 Å². The summed E-state index contributed by atoms with van der Waals surface area (Å²) in [4.78, 5) is 37.1. The SMILES string of the molecule is O=C(CSc1ncccc1C(=O)O)NCCCNc1ccc([N+](=O)[O-])cc1Cl. The van der Waals surface area contributed by atoms with Crippen LogP contribution in [0.2, 0.25) is 5.02 Å². The molecule has 11 heteroatoms. The summed E-state index contributed by atoms with van der Waals surface area (Å²) in [6.07, 6.45) is 2.08. The number of hydrogen-bond acceptors (Lipinski definition) is 7. The number of nitro groups is 1. The molecule has 2 aromatic rings. The summed E-state index contributed by atoms with van der Waals surface area (Å²) in [6, 6.07) is 7.12. The third-order valence-corrected chi connectivity index (χ3v) is 4.81. The number of anilines is 1. The first kappa shape index (κ1) is 21.5. The number of hydrogen-bond donors (Lipinski definition) is 3. The number of carboxylic acid groups (broad SMARTS) is 1. The largest absolute Gasteiger partial charge is 0.478 e. The van der Waals surface area contributed by atoms with E-state index >= 15 is 0 Å². The maximum atomic E-state index is 11.9. The van der Waals surface area contributed by atoms with E-state index < -0.39 is 10.9 Å². The fourth-order valence-corrected chi connectivity index (χ4v) is 3.21. The number of carbonyl (C=O) groups excluding carboxylic acids is 1. The summed E-state index contributed by atoms with van der Waals surface area (Å²) in [5.41, 5.74) is 0.550. The van der Waals surface area contributed by atoms with Crippen molar-refractivity contribution >= 4 is 46.6 Å². The molecule has 3 N–H and O–H groups in total. The number of aromatic carboxylic acids is 1. The first-order chi connectivity index (χ1) is 13.4. The molecule has 0 spiro atoms. The van der Waals surface area contributed by atoms with E-state index in [0.29, 0.717) is 30.2 Å². The van der Waals surface area contributed by atoms with Gasteiger partial charge < -0.3 is 15.7 Å². The molecule has 0 atom stereocenters. The van der Waals surface area contributed by atoms with Crippen molar-refractivity contribution in [3.8, 4) is 0 Å². The second-order valence-corrected chi connectivity index (χ2v) is 6.87. The summed E-state index contributed by atoms with van der Waals surface area (Å²) in [7, 11) is 0. The van der Waals surface area contributed by atoms with Gasteiger partial charge in [0.1, 0.15) is 5.03 Å². The predicted octanol–water partition coefficient (Wildman–Crippen LogP) is 3.05. The number of carboxylic acids is 1. The zero-order valence-corrected chi connectivity index (χ0v) is 16.1. The molecule has 0 radical (unpaired) electrons. The van der Waals surface area contributed by atoms with Crippen molar-refractivity contribution in [2.75, 3.05) is 24.2 Å². The monoisotopic (exact) mass is 424 g/mol. The summed E-state index contributed by atoms with van der Waals surface area (Å²) >= 11 is 7.04. The molecule has 0 aliphatic heterocycles. The fourth-order valence-electron chi connectivity index (χ4n) is 2.15. The van der Waals surface area contributed by atoms with Crippen LogP contribution in [0.15, 0.2) is 41.6 Å². The van der Waals surface area contributed by atoms with Crippen molar-refractivity contribution < 1.29 is 19.6 Å². The second kappa shape index (κ2) is 10.5. The van der Waals surface area contributed by atoms with Gasteiger partial charge in [-0.05, 0) is 24.6 Å². The van der Waals surface area contributed by atoms with Gasteiger partial charge in [0.25, 0.3) is 5.69 Å². The lowest BCUT2D eigenvalue weighted by atomic mass is 10.2. The molecule has 1 amide bonds. The van der Waals surface area contributed by atoms with Gasteiger partial charge in [-0.3, -0.25) is 14.9 Å². The Morgan fingerprint density at radius 2 is 2.07 bits per heavy atom. The number of halogens is 1. The van der Waals surface area contributed by atoms with Gasteiger partial charge in [-0.15, -0.1) is 0 Å². The Morgan fingerprint density at radius 3 is 2.75 bits per heavy atom. The van der Waals surface area contributed by atoms with Gasteiger partial charge in [0.05, 0.1) is 26.9 Å². The maximum absolute atomic E-state index is 11.9. The lowest BCUT2D eigenvalue weighted by Gasteiger charge is -2.09. The molecule has 1 aromatic carbocycles. The van der Waals surface area contributed by atoms with E-state index in [1.54, 1.807) is 0 Å². The number of benzene rings is 1. The van der Waals surface area contributed by atoms with E-state index in [4.69, 9.17) is 16.7 Å². The molecule has 0 aliphatic carbocycles. The second-order valence-electron chi connectivity index (χ2n) is 5.50. The standard InChI is InChI=1S/C17H17ClN4O5S/c18-13-9-11(22(26)27)4-5-14(13)19-7-2-8-20-15(23)10-28-16-12(17(24)25)3-1-6-21-16/h1,3-6,9,19H,2,7-8,10H2,(H,20,23)(H,24,25). The topological polar surface area (TPSA) is 134 Å². The third kappa shape index (κ3) is 6.39. The van der Waals surface area contributed by atoms with Gasteiger partial charge in [-0.1, -0.05) is 23.4 Å². The molecule has 1 aromatic heterocycles. The summed E-state index contributed by atoms with van der Waals surface area (Å²) in [6.45, 7) is 0.916. The van der Waals surface area contributed by atoms with Crippen LogP contribution < -0.4 is 10.6 Å². The quantitative estimate of drug-likeness (QED) is 0.229. The number of non-ortho nitro benzene ring substituents is 1. The molecule has 2 rings (SSSR count). The molecule has 148 valence electrons. The van der Waals surface area contributed by atoms with E-state index in [1.165, 1.54) is 36.5 Å². The molecule has 1 heterocycles. The first-order valence-corrected chi connectivity index (χ1v) is 9.50. The van der Waals surface area contributed by atoms with Crippen LogP contribution in [0.25, 0.3) is 0 Å². The van der Waals surface area contributed by atoms with Gasteiger partial charge >= 0.3 is 5.97 Å². The van der Waals surface area contributed by atoms with E-state index in [1.807, 2.05) is 0 Å². The van der Waals surface area contributed by atoms with E-state index in [0.717, 1.165) is 11.8 Å². The molecule has 0 bridgehead atoms. The van der Waals surface area contributed by atoms with Crippen molar-refractivity contribution in [3.63, 3.8) is 0 Å². The van der Waals surface area contributed by atoms with Crippen LogP contribution in [0.5, 0.6) is 0 Å². The zero-order valence-electron chi connectivity index (χ0n) is 14.6. The minimum atomic E-state index is -1.09. The molecule has 0 saturated heterocycles. The van der Waals surface area contributed by atoms with Crippen molar-refractivity contribution in [3.05, 3.63) is 57.2 Å². The highest BCUT2D eigenvalue weighted by Crippen LogP contribution is 2.26. The van der Waals surface area contributed by atoms with Gasteiger partial charge in [-0.25, -0.2) is 9.78 Å². The highest BCUT2D eigenvalue weighted by atomic mass is 35.5. The normalized spacial score (nSPS) is 10.3. The molecule has 28 heavy (non-hydrogen) atoms. The van der Waals surface area contributed by atoms with Crippen LogP contribution in [0, 0.1) is 10.1 Å². The number of pyridine rings is 1. The van der Waals surface area contributed by atoms with Crippen LogP contribution in [0.1, 0.15) is 16.8 Å². The van der Waals surface area contributed by atoms with Crippen molar-refractivity contribution in [1.29, 1.82) is 0 Å². The molecule has 9 nitrogen and oxygen atoms in total. The summed E-state index contributed by atoms with van der Waals surface area (Å²) < 4.78 is 0.